The summed E-state index contributed by atoms with van der Waals surface area (Å²) in [7, 11) is 0. The van der Waals surface area contributed by atoms with Crippen molar-refractivity contribution in [1.29, 1.82) is 0 Å². The van der Waals surface area contributed by atoms with Gasteiger partial charge in [0.2, 0.25) is 0 Å². The van der Waals surface area contributed by atoms with Crippen LogP contribution in [0, 0.1) is 6.92 Å². The van der Waals surface area contributed by atoms with Crippen LogP contribution in [0.15, 0.2) is 58.3 Å². The average molecular weight is 397 g/mol. The molecule has 146 valence electrons. The highest BCUT2D eigenvalue weighted by Crippen LogP contribution is 2.27. The van der Waals surface area contributed by atoms with E-state index in [9.17, 15) is 4.79 Å². The van der Waals surface area contributed by atoms with Crippen molar-refractivity contribution < 1.29 is 13.9 Å². The highest BCUT2D eigenvalue weighted by Gasteiger charge is 2.22. The highest BCUT2D eigenvalue weighted by atomic mass is 32.1. The number of carbonyl (C=O) groups excluding carboxylic acids is 1. The van der Waals surface area contributed by atoms with Gasteiger partial charge in [0.05, 0.1) is 31.4 Å². The number of ether oxygens (including phenoxy) is 1. The molecular formula is C22H24N2O3S. The Kier molecular flexibility index (Phi) is 5.90. The van der Waals surface area contributed by atoms with E-state index in [1.165, 1.54) is 0 Å². The van der Waals surface area contributed by atoms with Gasteiger partial charge in [0.1, 0.15) is 11.5 Å². The number of aryl methyl sites for hydroxylation is 1. The van der Waals surface area contributed by atoms with Crippen LogP contribution in [-0.4, -0.2) is 37.1 Å². The Bertz CT molecular complexity index is 899. The molecule has 1 aromatic carbocycles. The molecule has 4 rings (SSSR count). The topological polar surface area (TPSA) is 54.7 Å². The van der Waals surface area contributed by atoms with E-state index in [4.69, 9.17) is 9.15 Å². The fourth-order valence-electron chi connectivity index (χ4n) is 3.46. The van der Waals surface area contributed by atoms with Gasteiger partial charge in [0.15, 0.2) is 0 Å². The first-order valence-electron chi connectivity index (χ1n) is 9.49. The van der Waals surface area contributed by atoms with Crippen LogP contribution in [0.1, 0.15) is 38.4 Å². The standard InChI is InChI=1S/C22H24N2O3S/c1-16-19(14-18(27-16)15-24-9-11-26-12-10-24)22(25)23-21(20-8-5-13-28-20)17-6-3-2-4-7-17/h2-8,13-14,21H,9-12,15H2,1H3,(H,23,25). The molecule has 1 amide bonds. The first-order chi connectivity index (χ1) is 13.7. The van der Waals surface area contributed by atoms with Crippen molar-refractivity contribution in [2.45, 2.75) is 19.5 Å². The lowest BCUT2D eigenvalue weighted by atomic mass is 10.0. The average Bonchev–Trinajstić information content (AvgIpc) is 3.37. The molecule has 0 spiro atoms. The summed E-state index contributed by atoms with van der Waals surface area (Å²) in [5.41, 5.74) is 1.66. The number of nitrogens with zero attached hydrogens (tertiary/aromatic N) is 1. The van der Waals surface area contributed by atoms with Crippen LogP contribution < -0.4 is 5.32 Å². The first-order valence-corrected chi connectivity index (χ1v) is 10.4. The maximum absolute atomic E-state index is 13.0. The molecule has 5 nitrogen and oxygen atoms in total. The number of benzene rings is 1. The third-order valence-corrected chi connectivity index (χ3v) is 5.87. The van der Waals surface area contributed by atoms with E-state index >= 15 is 0 Å². The molecule has 1 atom stereocenters. The van der Waals surface area contributed by atoms with Gasteiger partial charge in [-0.2, -0.15) is 0 Å². The SMILES string of the molecule is Cc1oc(CN2CCOCC2)cc1C(=O)NC(c1ccccc1)c1cccs1. The maximum atomic E-state index is 13.0. The molecule has 0 aliphatic carbocycles. The lowest BCUT2D eigenvalue weighted by Crippen LogP contribution is -2.35. The normalized spacial score (nSPS) is 16.0. The predicted molar refractivity (Wildman–Crippen MR) is 110 cm³/mol. The van der Waals surface area contributed by atoms with Gasteiger partial charge < -0.3 is 14.5 Å². The summed E-state index contributed by atoms with van der Waals surface area (Å²) in [6, 6.07) is 15.8. The van der Waals surface area contributed by atoms with Gasteiger partial charge in [-0.05, 0) is 30.0 Å². The van der Waals surface area contributed by atoms with E-state index in [1.54, 1.807) is 11.3 Å². The predicted octanol–water partition coefficient (Wildman–Crippen LogP) is 4.00. The number of thiophene rings is 1. The summed E-state index contributed by atoms with van der Waals surface area (Å²) in [6.07, 6.45) is 0. The van der Waals surface area contributed by atoms with Gasteiger partial charge in [-0.3, -0.25) is 9.69 Å². The van der Waals surface area contributed by atoms with E-state index in [2.05, 4.69) is 16.3 Å². The van der Waals surface area contributed by atoms with Crippen molar-refractivity contribution in [2.24, 2.45) is 0 Å². The summed E-state index contributed by atoms with van der Waals surface area (Å²) in [6.45, 7) is 5.80. The zero-order valence-corrected chi connectivity index (χ0v) is 16.7. The molecule has 0 saturated carbocycles. The van der Waals surface area contributed by atoms with Crippen LogP contribution in [0.2, 0.25) is 0 Å². The number of furan rings is 1. The van der Waals surface area contributed by atoms with Crippen molar-refractivity contribution in [2.75, 3.05) is 26.3 Å². The Morgan fingerprint density at radius 1 is 1.18 bits per heavy atom. The molecule has 1 aliphatic rings. The van der Waals surface area contributed by atoms with Crippen molar-refractivity contribution in [3.8, 4) is 0 Å². The van der Waals surface area contributed by atoms with Gasteiger partial charge in [-0.25, -0.2) is 0 Å². The minimum atomic E-state index is -0.175. The van der Waals surface area contributed by atoms with Crippen molar-refractivity contribution in [3.05, 3.63) is 81.4 Å². The summed E-state index contributed by atoms with van der Waals surface area (Å²) in [5, 5.41) is 5.22. The number of rotatable bonds is 6. The second kappa shape index (κ2) is 8.73. The Morgan fingerprint density at radius 2 is 1.96 bits per heavy atom. The Hall–Kier alpha value is -2.41. The summed E-state index contributed by atoms with van der Waals surface area (Å²) < 4.78 is 11.3. The van der Waals surface area contributed by atoms with Crippen LogP contribution in [0.3, 0.4) is 0 Å². The third kappa shape index (κ3) is 4.35. The maximum Gasteiger partial charge on any atom is 0.255 e. The minimum absolute atomic E-state index is 0.114. The van der Waals surface area contributed by atoms with Gasteiger partial charge in [-0.1, -0.05) is 36.4 Å². The van der Waals surface area contributed by atoms with E-state index in [0.29, 0.717) is 17.9 Å². The molecule has 1 saturated heterocycles. The minimum Gasteiger partial charge on any atom is -0.464 e. The Balaban J connectivity index is 1.51. The molecule has 0 radical (unpaired) electrons. The zero-order valence-electron chi connectivity index (χ0n) is 15.9. The van der Waals surface area contributed by atoms with Crippen molar-refractivity contribution >= 4 is 17.2 Å². The fraction of sp³-hybridized carbons (Fsp3) is 0.318. The summed E-state index contributed by atoms with van der Waals surface area (Å²) in [5.74, 6) is 1.35. The van der Waals surface area contributed by atoms with Crippen LogP contribution >= 0.6 is 11.3 Å². The number of amides is 1. The van der Waals surface area contributed by atoms with Crippen molar-refractivity contribution in [1.82, 2.24) is 10.2 Å². The molecule has 3 heterocycles. The van der Waals surface area contributed by atoms with Gasteiger partial charge in [0, 0.05) is 18.0 Å². The third-order valence-electron chi connectivity index (χ3n) is 4.93. The van der Waals surface area contributed by atoms with E-state index in [-0.39, 0.29) is 11.9 Å². The van der Waals surface area contributed by atoms with E-state index in [1.807, 2.05) is 54.8 Å². The molecule has 1 unspecified atom stereocenters. The van der Waals surface area contributed by atoms with E-state index in [0.717, 1.165) is 42.5 Å². The molecule has 2 aromatic heterocycles. The summed E-state index contributed by atoms with van der Waals surface area (Å²) >= 11 is 1.64. The van der Waals surface area contributed by atoms with Crippen LogP contribution in [0.5, 0.6) is 0 Å². The molecule has 1 fully saturated rings. The Morgan fingerprint density at radius 3 is 2.68 bits per heavy atom. The molecule has 3 aromatic rings. The molecule has 1 N–H and O–H groups in total. The molecule has 6 heteroatoms. The smallest absolute Gasteiger partial charge is 0.255 e. The van der Waals surface area contributed by atoms with Crippen LogP contribution in [0.25, 0.3) is 0 Å². The largest absolute Gasteiger partial charge is 0.464 e. The number of nitrogens with one attached hydrogen (secondary N) is 1. The highest BCUT2D eigenvalue weighted by molar-refractivity contribution is 7.10. The molecule has 28 heavy (non-hydrogen) atoms. The number of hydrogen-bond acceptors (Lipinski definition) is 5. The lowest BCUT2D eigenvalue weighted by Gasteiger charge is -2.25. The van der Waals surface area contributed by atoms with Gasteiger partial charge in [0.25, 0.3) is 5.91 Å². The quantitative estimate of drug-likeness (QED) is 0.684. The number of hydrogen-bond donors (Lipinski definition) is 1. The lowest BCUT2D eigenvalue weighted by molar-refractivity contribution is 0.0312. The molecule has 1 aliphatic heterocycles. The van der Waals surface area contributed by atoms with E-state index < -0.39 is 0 Å². The first kappa shape index (κ1) is 18.9. The second-order valence-electron chi connectivity index (χ2n) is 6.90. The monoisotopic (exact) mass is 396 g/mol. The van der Waals surface area contributed by atoms with Gasteiger partial charge >= 0.3 is 0 Å². The zero-order chi connectivity index (χ0) is 19.3. The Labute approximate surface area is 168 Å². The van der Waals surface area contributed by atoms with Gasteiger partial charge in [-0.15, -0.1) is 11.3 Å². The molecule has 0 bridgehead atoms. The number of morpholine rings is 1. The fourth-order valence-corrected chi connectivity index (χ4v) is 4.26. The number of carbonyl (C=O) groups is 1. The molecular weight excluding hydrogens is 372 g/mol. The van der Waals surface area contributed by atoms with Crippen LogP contribution in [-0.2, 0) is 11.3 Å². The van der Waals surface area contributed by atoms with Crippen LogP contribution in [0.4, 0.5) is 0 Å². The summed E-state index contributed by atoms with van der Waals surface area (Å²) in [4.78, 5) is 16.4. The second-order valence-corrected chi connectivity index (χ2v) is 7.88. The van der Waals surface area contributed by atoms with Crippen molar-refractivity contribution in [3.63, 3.8) is 0 Å².